The van der Waals surface area contributed by atoms with Crippen LogP contribution in [0.5, 0.6) is 0 Å². The van der Waals surface area contributed by atoms with Crippen LogP contribution in [0.4, 0.5) is 16.4 Å². The Labute approximate surface area is 158 Å². The number of para-hydroxylation sites is 1. The van der Waals surface area contributed by atoms with Crippen molar-refractivity contribution in [2.24, 2.45) is 4.99 Å². The molecule has 2 amide bonds. The summed E-state index contributed by atoms with van der Waals surface area (Å²) in [5, 5.41) is 8.50. The summed E-state index contributed by atoms with van der Waals surface area (Å²) in [5.41, 5.74) is 2.35. The lowest BCUT2D eigenvalue weighted by atomic mass is 10.2. The number of benzene rings is 1. The molecule has 8 heteroatoms. The lowest BCUT2D eigenvalue weighted by molar-refractivity contribution is 0.118. The fourth-order valence-electron chi connectivity index (χ4n) is 2.77. The van der Waals surface area contributed by atoms with E-state index < -0.39 is 6.03 Å². The first-order valence-corrected chi connectivity index (χ1v) is 8.97. The molecule has 0 bridgehead atoms. The fourth-order valence-corrected chi connectivity index (χ4v) is 2.77. The number of nitrogens with one attached hydrogen (secondary N) is 3. The van der Waals surface area contributed by atoms with Gasteiger partial charge in [0.1, 0.15) is 0 Å². The maximum Gasteiger partial charge on any atom is 0.326 e. The molecule has 142 valence electrons. The van der Waals surface area contributed by atoms with Crippen LogP contribution in [-0.2, 0) is 4.74 Å². The zero-order valence-electron chi connectivity index (χ0n) is 15.5. The summed E-state index contributed by atoms with van der Waals surface area (Å²) in [6, 6.07) is 10.7. The van der Waals surface area contributed by atoms with Crippen LogP contribution in [0.25, 0.3) is 0 Å². The van der Waals surface area contributed by atoms with E-state index in [2.05, 4.69) is 30.9 Å². The molecule has 1 aliphatic heterocycles. The molecule has 0 spiro atoms. The van der Waals surface area contributed by atoms with E-state index in [4.69, 9.17) is 4.74 Å². The van der Waals surface area contributed by atoms with E-state index in [1.165, 1.54) is 0 Å². The highest BCUT2D eigenvalue weighted by molar-refractivity contribution is 6.06. The second kappa shape index (κ2) is 9.09. The SMILES string of the molecule is Cc1cc(C)nc(NC(=NCC2CCCO2)NC(=O)Nc2ccccc2)n1. The summed E-state index contributed by atoms with van der Waals surface area (Å²) >= 11 is 0. The number of aliphatic imine (C=N–C) groups is 1. The highest BCUT2D eigenvalue weighted by Crippen LogP contribution is 2.12. The number of hydrogen-bond donors (Lipinski definition) is 3. The number of amides is 2. The van der Waals surface area contributed by atoms with Crippen molar-refractivity contribution >= 4 is 23.6 Å². The van der Waals surface area contributed by atoms with E-state index in [1.807, 2.05) is 50.2 Å². The van der Waals surface area contributed by atoms with E-state index in [0.29, 0.717) is 18.2 Å². The monoisotopic (exact) mass is 368 g/mol. The lowest BCUT2D eigenvalue weighted by Crippen LogP contribution is -2.39. The Kier molecular flexibility index (Phi) is 6.32. The summed E-state index contributed by atoms with van der Waals surface area (Å²) < 4.78 is 5.60. The molecule has 0 aliphatic carbocycles. The van der Waals surface area contributed by atoms with E-state index in [-0.39, 0.29) is 12.1 Å². The Morgan fingerprint density at radius 3 is 2.59 bits per heavy atom. The Hall–Kier alpha value is -3.00. The van der Waals surface area contributed by atoms with Crippen LogP contribution in [0.3, 0.4) is 0 Å². The van der Waals surface area contributed by atoms with Crippen molar-refractivity contribution in [1.82, 2.24) is 15.3 Å². The summed E-state index contributed by atoms with van der Waals surface area (Å²) in [7, 11) is 0. The van der Waals surface area contributed by atoms with Crippen molar-refractivity contribution < 1.29 is 9.53 Å². The van der Waals surface area contributed by atoms with Crippen LogP contribution in [0.2, 0.25) is 0 Å². The number of nitrogens with zero attached hydrogens (tertiary/aromatic N) is 3. The lowest BCUT2D eigenvalue weighted by Gasteiger charge is -2.13. The van der Waals surface area contributed by atoms with Gasteiger partial charge in [-0.05, 0) is 44.9 Å². The van der Waals surface area contributed by atoms with Crippen LogP contribution in [-0.4, -0.2) is 41.2 Å². The molecule has 3 N–H and O–H groups in total. The second-order valence-electron chi connectivity index (χ2n) is 6.37. The first-order chi connectivity index (χ1) is 13.1. The van der Waals surface area contributed by atoms with Gasteiger partial charge in [0.25, 0.3) is 0 Å². The highest BCUT2D eigenvalue weighted by Gasteiger charge is 2.16. The first-order valence-electron chi connectivity index (χ1n) is 8.97. The minimum absolute atomic E-state index is 0.0703. The van der Waals surface area contributed by atoms with Crippen molar-refractivity contribution in [3.05, 3.63) is 47.8 Å². The number of urea groups is 1. The van der Waals surface area contributed by atoms with Crippen molar-refractivity contribution in [1.29, 1.82) is 0 Å². The predicted molar refractivity (Wildman–Crippen MR) is 105 cm³/mol. The van der Waals surface area contributed by atoms with Gasteiger partial charge in [-0.15, -0.1) is 0 Å². The van der Waals surface area contributed by atoms with Gasteiger partial charge in [-0.1, -0.05) is 18.2 Å². The maximum absolute atomic E-state index is 12.3. The van der Waals surface area contributed by atoms with E-state index in [9.17, 15) is 4.79 Å². The summed E-state index contributed by atoms with van der Waals surface area (Å²) in [6.45, 7) is 4.99. The Morgan fingerprint density at radius 2 is 1.93 bits per heavy atom. The molecule has 1 fully saturated rings. The van der Waals surface area contributed by atoms with Crippen molar-refractivity contribution in [2.45, 2.75) is 32.8 Å². The molecule has 1 aliphatic rings. The van der Waals surface area contributed by atoms with Gasteiger partial charge >= 0.3 is 6.03 Å². The van der Waals surface area contributed by atoms with Crippen LogP contribution >= 0.6 is 0 Å². The molecule has 1 aromatic heterocycles. The molecule has 2 aromatic rings. The summed E-state index contributed by atoms with van der Waals surface area (Å²) in [6.07, 6.45) is 2.07. The molecule has 1 saturated heterocycles. The quantitative estimate of drug-likeness (QED) is 0.569. The number of guanidine groups is 1. The fraction of sp³-hybridized carbons (Fsp3) is 0.368. The molecule has 2 heterocycles. The van der Waals surface area contributed by atoms with Gasteiger partial charge in [0, 0.05) is 23.7 Å². The van der Waals surface area contributed by atoms with Gasteiger partial charge in [0.2, 0.25) is 11.9 Å². The Morgan fingerprint density at radius 1 is 1.19 bits per heavy atom. The average molecular weight is 368 g/mol. The van der Waals surface area contributed by atoms with E-state index in [1.54, 1.807) is 0 Å². The molecule has 0 saturated carbocycles. The van der Waals surface area contributed by atoms with E-state index in [0.717, 1.165) is 30.8 Å². The zero-order chi connectivity index (χ0) is 19.1. The molecule has 8 nitrogen and oxygen atoms in total. The molecule has 1 atom stereocenters. The highest BCUT2D eigenvalue weighted by atomic mass is 16.5. The number of anilines is 2. The smallest absolute Gasteiger partial charge is 0.326 e. The molecular formula is C19H24N6O2. The average Bonchev–Trinajstić information content (AvgIpc) is 3.13. The van der Waals surface area contributed by atoms with Crippen molar-refractivity contribution in [3.63, 3.8) is 0 Å². The molecule has 1 aromatic carbocycles. The van der Waals surface area contributed by atoms with E-state index >= 15 is 0 Å². The third-order valence-corrected chi connectivity index (χ3v) is 3.95. The van der Waals surface area contributed by atoms with Crippen LogP contribution in [0.1, 0.15) is 24.2 Å². The third kappa shape index (κ3) is 6.03. The maximum atomic E-state index is 12.3. The van der Waals surface area contributed by atoms with Gasteiger partial charge in [-0.2, -0.15) is 0 Å². The minimum atomic E-state index is -0.399. The number of ether oxygens (including phenoxy) is 1. The molecule has 27 heavy (non-hydrogen) atoms. The number of hydrogen-bond acceptors (Lipinski definition) is 5. The van der Waals surface area contributed by atoms with Crippen molar-refractivity contribution in [2.75, 3.05) is 23.8 Å². The van der Waals surface area contributed by atoms with Crippen LogP contribution < -0.4 is 16.0 Å². The minimum Gasteiger partial charge on any atom is -0.376 e. The number of rotatable bonds is 4. The number of aryl methyl sites for hydroxylation is 2. The number of carbonyl (C=O) groups excluding carboxylic acids is 1. The van der Waals surface area contributed by atoms with Gasteiger partial charge in [0.15, 0.2) is 0 Å². The summed E-state index contributed by atoms with van der Waals surface area (Å²) in [4.78, 5) is 25.5. The van der Waals surface area contributed by atoms with Crippen molar-refractivity contribution in [3.8, 4) is 0 Å². The molecule has 1 unspecified atom stereocenters. The normalized spacial score (nSPS) is 16.8. The molecule has 0 radical (unpaired) electrons. The van der Waals surface area contributed by atoms with Crippen LogP contribution in [0, 0.1) is 13.8 Å². The van der Waals surface area contributed by atoms with Crippen LogP contribution in [0.15, 0.2) is 41.4 Å². The Bertz CT molecular complexity index is 783. The van der Waals surface area contributed by atoms with Gasteiger partial charge in [-0.3, -0.25) is 10.6 Å². The Balaban J connectivity index is 1.70. The predicted octanol–water partition coefficient (Wildman–Crippen LogP) is 2.86. The number of aromatic nitrogens is 2. The van der Waals surface area contributed by atoms with Gasteiger partial charge < -0.3 is 10.1 Å². The molecular weight excluding hydrogens is 344 g/mol. The molecule has 3 rings (SSSR count). The zero-order valence-corrected chi connectivity index (χ0v) is 15.5. The number of carbonyl (C=O) groups is 1. The third-order valence-electron chi connectivity index (χ3n) is 3.95. The van der Waals surface area contributed by atoms with Gasteiger partial charge in [-0.25, -0.2) is 19.8 Å². The standard InChI is InChI=1S/C19H24N6O2/c1-13-11-14(2)22-18(21-13)24-17(20-12-16-9-6-10-27-16)25-19(26)23-15-7-4-3-5-8-15/h3-5,7-8,11,16H,6,9-10,12H2,1-2H3,(H3,20,21,22,23,24,25,26). The van der Waals surface area contributed by atoms with Gasteiger partial charge in [0.05, 0.1) is 12.6 Å². The topological polar surface area (TPSA) is 101 Å². The first kappa shape index (κ1) is 18.8. The second-order valence-corrected chi connectivity index (χ2v) is 6.37. The largest absolute Gasteiger partial charge is 0.376 e. The summed E-state index contributed by atoms with van der Waals surface area (Å²) in [5.74, 6) is 0.669.